The number of carbonyl (C=O) groups excluding carboxylic acids is 1. The van der Waals surface area contributed by atoms with E-state index in [2.05, 4.69) is 31.2 Å². The zero-order chi connectivity index (χ0) is 33.2. The molecule has 0 unspecified atom stereocenters. The number of fused-ring (bicyclic) bond motifs is 1. The predicted octanol–water partition coefficient (Wildman–Crippen LogP) is 9.00. The zero-order valence-corrected chi connectivity index (χ0v) is 26.2. The molecule has 2 heterocycles. The molecule has 0 spiro atoms. The van der Waals surface area contributed by atoms with Crippen LogP contribution in [0.1, 0.15) is 26.3 Å². The van der Waals surface area contributed by atoms with Crippen molar-refractivity contribution < 1.29 is 41.0 Å². The summed E-state index contributed by atoms with van der Waals surface area (Å²) in [5.74, 6) is -2.77. The summed E-state index contributed by atoms with van der Waals surface area (Å²) in [6.07, 6.45) is -4.40. The monoisotopic (exact) mass is 704 g/mol. The third-order valence-electron chi connectivity index (χ3n) is 6.31. The number of rotatable bonds is 8. The second kappa shape index (κ2) is 12.9. The first-order valence-corrected chi connectivity index (χ1v) is 14.5. The van der Waals surface area contributed by atoms with Gasteiger partial charge in [0.25, 0.3) is 0 Å². The number of anilines is 1. The van der Waals surface area contributed by atoms with Crippen LogP contribution >= 0.6 is 15.9 Å². The van der Waals surface area contributed by atoms with Crippen LogP contribution in [-0.2, 0) is 11.3 Å². The van der Waals surface area contributed by atoms with E-state index < -0.39 is 42.0 Å². The van der Waals surface area contributed by atoms with Crippen LogP contribution in [0.25, 0.3) is 28.0 Å². The van der Waals surface area contributed by atoms with E-state index in [-0.39, 0.29) is 39.2 Å². The largest absolute Gasteiger partial charge is 0.486 e. The predicted molar refractivity (Wildman–Crippen MR) is 164 cm³/mol. The molecule has 0 bridgehead atoms. The normalized spacial score (nSPS) is 11.8. The molecule has 0 saturated carbocycles. The Morgan fingerprint density at radius 3 is 2.28 bits per heavy atom. The molecule has 0 radical (unpaired) electrons. The van der Waals surface area contributed by atoms with Gasteiger partial charge in [-0.2, -0.15) is 18.2 Å². The average Bonchev–Trinajstić information content (AvgIpc) is 3.28. The second-order valence-electron chi connectivity index (χ2n) is 11.0. The molecule has 14 heteroatoms. The first-order valence-electron chi connectivity index (χ1n) is 13.7. The van der Waals surface area contributed by atoms with E-state index in [1.54, 1.807) is 63.2 Å². The van der Waals surface area contributed by atoms with Gasteiger partial charge >= 0.3 is 12.3 Å². The standard InChI is InChI=1S/C32H26BrF5N4O4/c1-31(2,3)46-30(43)41-20-11-9-19(10-12-20)27-25(33)26-28(29(40-17-39-26)45-16-32(36,37)38)42(27)23-13-22(35)24(14-21(23)34)44-15-18-7-5-4-6-8-18/h4-14,17H,15-16H2,1-3H3,(H,41,43). The molecule has 0 saturated heterocycles. The Balaban J connectivity index is 1.62. The lowest BCUT2D eigenvalue weighted by Gasteiger charge is -2.19. The van der Waals surface area contributed by atoms with Crippen LogP contribution in [0, 0.1) is 11.6 Å². The van der Waals surface area contributed by atoms with Crippen molar-refractivity contribution in [3.05, 3.63) is 94.7 Å². The van der Waals surface area contributed by atoms with Gasteiger partial charge < -0.3 is 14.2 Å². The molecule has 0 aliphatic carbocycles. The lowest BCUT2D eigenvalue weighted by Crippen LogP contribution is -2.27. The Morgan fingerprint density at radius 2 is 1.63 bits per heavy atom. The Bertz CT molecular complexity index is 1880. The van der Waals surface area contributed by atoms with E-state index in [4.69, 9.17) is 14.2 Å². The molecule has 1 amide bonds. The summed E-state index contributed by atoms with van der Waals surface area (Å²) < 4.78 is 88.0. The van der Waals surface area contributed by atoms with Crippen LogP contribution in [0.15, 0.2) is 77.5 Å². The van der Waals surface area contributed by atoms with Gasteiger partial charge in [0.2, 0.25) is 5.88 Å². The van der Waals surface area contributed by atoms with Gasteiger partial charge in [-0.1, -0.05) is 42.5 Å². The van der Waals surface area contributed by atoms with Crippen molar-refractivity contribution in [2.45, 2.75) is 39.2 Å². The molecular weight excluding hydrogens is 679 g/mol. The third kappa shape index (κ3) is 7.56. The average molecular weight is 705 g/mol. The van der Waals surface area contributed by atoms with Crippen molar-refractivity contribution in [3.8, 4) is 28.6 Å². The molecule has 0 fully saturated rings. The number of aromatic nitrogens is 3. The van der Waals surface area contributed by atoms with Gasteiger partial charge in [-0.05, 0) is 60.0 Å². The summed E-state index contributed by atoms with van der Waals surface area (Å²) in [4.78, 5) is 20.3. The highest BCUT2D eigenvalue weighted by atomic mass is 79.9. The molecule has 240 valence electrons. The van der Waals surface area contributed by atoms with Gasteiger partial charge in [-0.3, -0.25) is 9.88 Å². The fraction of sp³-hybridized carbons (Fsp3) is 0.219. The fourth-order valence-corrected chi connectivity index (χ4v) is 5.16. The minimum Gasteiger partial charge on any atom is -0.486 e. The van der Waals surface area contributed by atoms with Crippen LogP contribution in [0.3, 0.4) is 0 Å². The van der Waals surface area contributed by atoms with E-state index in [1.807, 2.05) is 0 Å². The highest BCUT2D eigenvalue weighted by Crippen LogP contribution is 2.43. The van der Waals surface area contributed by atoms with E-state index in [1.165, 1.54) is 16.7 Å². The quantitative estimate of drug-likeness (QED) is 0.162. The van der Waals surface area contributed by atoms with E-state index in [0.29, 0.717) is 11.3 Å². The number of hydrogen-bond donors (Lipinski definition) is 1. The number of amides is 1. The van der Waals surface area contributed by atoms with Gasteiger partial charge in [0, 0.05) is 17.8 Å². The van der Waals surface area contributed by atoms with Gasteiger partial charge in [0.15, 0.2) is 24.0 Å². The van der Waals surface area contributed by atoms with Crippen LogP contribution in [0.5, 0.6) is 11.6 Å². The lowest BCUT2D eigenvalue weighted by molar-refractivity contribution is -0.153. The van der Waals surface area contributed by atoms with Crippen LogP contribution in [0.2, 0.25) is 0 Å². The maximum atomic E-state index is 15.9. The Hall–Kier alpha value is -4.72. The van der Waals surface area contributed by atoms with Crippen molar-refractivity contribution in [1.82, 2.24) is 14.5 Å². The number of nitrogens with zero attached hydrogens (tertiary/aromatic N) is 3. The maximum Gasteiger partial charge on any atom is 0.422 e. The van der Waals surface area contributed by atoms with Crippen molar-refractivity contribution in [2.24, 2.45) is 0 Å². The number of benzene rings is 3. The molecule has 2 aromatic heterocycles. The minimum absolute atomic E-state index is 0.0350. The zero-order valence-electron chi connectivity index (χ0n) is 24.6. The Kier molecular flexibility index (Phi) is 9.20. The van der Waals surface area contributed by atoms with Gasteiger partial charge in [-0.25, -0.2) is 18.6 Å². The van der Waals surface area contributed by atoms with Crippen molar-refractivity contribution in [2.75, 3.05) is 11.9 Å². The number of ether oxygens (including phenoxy) is 3. The molecular formula is C32H26BrF5N4O4. The first kappa shape index (κ1) is 32.7. The first-order chi connectivity index (χ1) is 21.7. The van der Waals surface area contributed by atoms with Crippen LogP contribution in [-0.4, -0.2) is 39.0 Å². The number of carbonyl (C=O) groups is 1. The van der Waals surface area contributed by atoms with E-state index in [9.17, 15) is 18.0 Å². The molecule has 0 aliphatic heterocycles. The fourth-order valence-electron chi connectivity index (χ4n) is 4.47. The lowest BCUT2D eigenvalue weighted by atomic mass is 10.1. The molecule has 46 heavy (non-hydrogen) atoms. The topological polar surface area (TPSA) is 87.5 Å². The van der Waals surface area contributed by atoms with E-state index in [0.717, 1.165) is 24.0 Å². The second-order valence-corrected chi connectivity index (χ2v) is 11.8. The van der Waals surface area contributed by atoms with Crippen LogP contribution in [0.4, 0.5) is 32.4 Å². The summed E-state index contributed by atoms with van der Waals surface area (Å²) in [6, 6.07) is 16.8. The minimum atomic E-state index is -4.71. The summed E-state index contributed by atoms with van der Waals surface area (Å²) >= 11 is 3.44. The highest BCUT2D eigenvalue weighted by Gasteiger charge is 2.31. The molecule has 1 N–H and O–H groups in total. The summed E-state index contributed by atoms with van der Waals surface area (Å²) in [7, 11) is 0. The number of alkyl halides is 3. The molecule has 3 aromatic carbocycles. The SMILES string of the molecule is CC(C)(C)OC(=O)Nc1ccc(-c2c(Br)c3ncnc(OCC(F)(F)F)c3n2-c2cc(F)c(OCc3ccccc3)cc2F)cc1. The summed E-state index contributed by atoms with van der Waals surface area (Å²) in [5, 5.41) is 2.60. The molecule has 0 aliphatic rings. The van der Waals surface area contributed by atoms with Crippen molar-refractivity contribution in [3.63, 3.8) is 0 Å². The molecule has 5 rings (SSSR count). The van der Waals surface area contributed by atoms with Crippen LogP contribution < -0.4 is 14.8 Å². The maximum absolute atomic E-state index is 15.9. The Morgan fingerprint density at radius 1 is 0.935 bits per heavy atom. The third-order valence-corrected chi connectivity index (χ3v) is 7.06. The molecule has 8 nitrogen and oxygen atoms in total. The molecule has 5 aromatic rings. The van der Waals surface area contributed by atoms with Gasteiger partial charge in [0.1, 0.15) is 29.6 Å². The molecule has 0 atom stereocenters. The Labute approximate surface area is 268 Å². The highest BCUT2D eigenvalue weighted by molar-refractivity contribution is 9.10. The summed E-state index contributed by atoms with van der Waals surface area (Å²) in [5.41, 5.74) is 0.480. The number of nitrogens with one attached hydrogen (secondary N) is 1. The number of hydrogen-bond acceptors (Lipinski definition) is 6. The van der Waals surface area contributed by atoms with Crippen molar-refractivity contribution >= 4 is 38.7 Å². The van der Waals surface area contributed by atoms with Gasteiger partial charge in [-0.15, -0.1) is 0 Å². The van der Waals surface area contributed by atoms with E-state index >= 15 is 8.78 Å². The smallest absolute Gasteiger partial charge is 0.422 e. The van der Waals surface area contributed by atoms with Gasteiger partial charge in [0.05, 0.1) is 15.9 Å². The van der Waals surface area contributed by atoms with Crippen molar-refractivity contribution in [1.29, 1.82) is 0 Å². The number of halogens is 6. The summed E-state index contributed by atoms with van der Waals surface area (Å²) in [6.45, 7) is 3.42.